The van der Waals surface area contributed by atoms with Crippen molar-refractivity contribution < 1.29 is 58.4 Å². The van der Waals surface area contributed by atoms with Crippen LogP contribution in [0.5, 0.6) is 0 Å². The molecular weight excluding hydrogens is 516 g/mol. The van der Waals surface area contributed by atoms with E-state index in [-0.39, 0.29) is 70.6 Å². The second-order valence-electron chi connectivity index (χ2n) is 9.98. The van der Waals surface area contributed by atoms with Crippen LogP contribution in [0.15, 0.2) is 0 Å². The van der Waals surface area contributed by atoms with E-state index in [4.69, 9.17) is 28.4 Å². The van der Waals surface area contributed by atoms with Gasteiger partial charge in [-0.05, 0) is 19.3 Å². The molecule has 0 aliphatic rings. The van der Waals surface area contributed by atoms with Crippen molar-refractivity contribution in [3.05, 3.63) is 0 Å². The molecule has 0 saturated heterocycles. The monoisotopic (exact) mass is 568 g/mol. The SMILES string of the molecule is CCC(C)C(=O)OCC(O)COCC(COCC(O)COC(O)C(C)CC)OCC(O)COC(=O)C(C)CC. The van der Waals surface area contributed by atoms with Crippen LogP contribution in [-0.2, 0) is 38.0 Å². The van der Waals surface area contributed by atoms with Crippen LogP contribution >= 0.6 is 0 Å². The van der Waals surface area contributed by atoms with Crippen LogP contribution in [0.4, 0.5) is 0 Å². The molecule has 0 radical (unpaired) electrons. The molecule has 0 saturated carbocycles. The first-order valence-electron chi connectivity index (χ1n) is 13.9. The van der Waals surface area contributed by atoms with Crippen LogP contribution in [0.25, 0.3) is 0 Å². The van der Waals surface area contributed by atoms with Gasteiger partial charge in [-0.2, -0.15) is 0 Å². The first-order valence-corrected chi connectivity index (χ1v) is 13.9. The van der Waals surface area contributed by atoms with E-state index in [1.165, 1.54) is 0 Å². The van der Waals surface area contributed by atoms with E-state index in [1.807, 2.05) is 27.7 Å². The molecule has 232 valence electrons. The number of aliphatic hydroxyl groups excluding tert-OH is 4. The summed E-state index contributed by atoms with van der Waals surface area (Å²) in [5, 5.41) is 40.1. The number of esters is 2. The normalized spacial score (nSPS) is 17.9. The van der Waals surface area contributed by atoms with Crippen LogP contribution in [0.2, 0.25) is 0 Å². The third kappa shape index (κ3) is 18.6. The largest absolute Gasteiger partial charge is 0.463 e. The Labute approximate surface area is 232 Å². The first-order chi connectivity index (χ1) is 18.4. The highest BCUT2D eigenvalue weighted by Gasteiger charge is 2.20. The first kappa shape index (κ1) is 37.6. The molecule has 0 aromatic heterocycles. The van der Waals surface area contributed by atoms with Crippen molar-refractivity contribution in [3.63, 3.8) is 0 Å². The summed E-state index contributed by atoms with van der Waals surface area (Å²) in [6.45, 7) is 9.94. The van der Waals surface area contributed by atoms with Crippen LogP contribution in [-0.4, -0.2) is 116 Å². The molecule has 0 fully saturated rings. The molecule has 12 heteroatoms. The second kappa shape index (κ2) is 22.3. The lowest BCUT2D eigenvalue weighted by molar-refractivity contribution is -0.160. The molecule has 0 heterocycles. The Morgan fingerprint density at radius 1 is 0.564 bits per heavy atom. The fourth-order valence-electron chi connectivity index (χ4n) is 2.76. The average molecular weight is 569 g/mol. The second-order valence-corrected chi connectivity index (χ2v) is 9.98. The Kier molecular flexibility index (Phi) is 21.5. The molecule has 0 rings (SSSR count). The lowest BCUT2D eigenvalue weighted by atomic mass is 10.1. The van der Waals surface area contributed by atoms with Gasteiger partial charge < -0.3 is 48.8 Å². The van der Waals surface area contributed by atoms with Gasteiger partial charge in [0.15, 0.2) is 6.29 Å². The van der Waals surface area contributed by atoms with Gasteiger partial charge in [-0.15, -0.1) is 0 Å². The van der Waals surface area contributed by atoms with E-state index in [0.29, 0.717) is 12.8 Å². The van der Waals surface area contributed by atoms with E-state index in [0.717, 1.165) is 6.42 Å². The van der Waals surface area contributed by atoms with Crippen molar-refractivity contribution in [3.8, 4) is 0 Å². The summed E-state index contributed by atoms with van der Waals surface area (Å²) in [4.78, 5) is 23.6. The summed E-state index contributed by atoms with van der Waals surface area (Å²) in [5.74, 6) is -1.41. The number of ether oxygens (including phenoxy) is 6. The summed E-state index contributed by atoms with van der Waals surface area (Å²) >= 11 is 0. The molecule has 8 atom stereocenters. The predicted octanol–water partition coefficient (Wildman–Crippen LogP) is 1.05. The molecule has 0 spiro atoms. The van der Waals surface area contributed by atoms with Gasteiger partial charge in [-0.25, -0.2) is 0 Å². The number of carbonyl (C=O) groups excluding carboxylic acids is 2. The quantitative estimate of drug-likeness (QED) is 0.0965. The predicted molar refractivity (Wildman–Crippen MR) is 142 cm³/mol. The maximum Gasteiger partial charge on any atom is 0.308 e. The van der Waals surface area contributed by atoms with Crippen molar-refractivity contribution in [1.82, 2.24) is 0 Å². The highest BCUT2D eigenvalue weighted by atomic mass is 16.6. The van der Waals surface area contributed by atoms with E-state index < -0.39 is 42.6 Å². The van der Waals surface area contributed by atoms with Crippen molar-refractivity contribution >= 4 is 11.9 Å². The Morgan fingerprint density at radius 2 is 0.974 bits per heavy atom. The molecule has 0 aliphatic carbocycles. The topological polar surface area (TPSA) is 170 Å². The van der Waals surface area contributed by atoms with E-state index >= 15 is 0 Å². The minimum Gasteiger partial charge on any atom is -0.463 e. The van der Waals surface area contributed by atoms with Gasteiger partial charge >= 0.3 is 11.9 Å². The van der Waals surface area contributed by atoms with Crippen molar-refractivity contribution in [1.29, 1.82) is 0 Å². The van der Waals surface area contributed by atoms with Gasteiger partial charge in [0.05, 0.1) is 51.5 Å². The maximum absolute atomic E-state index is 11.8. The Morgan fingerprint density at radius 3 is 1.41 bits per heavy atom. The lowest BCUT2D eigenvalue weighted by Gasteiger charge is -2.23. The number of carbonyl (C=O) groups is 2. The summed E-state index contributed by atoms with van der Waals surface area (Å²) in [6.07, 6.45) is -2.81. The summed E-state index contributed by atoms with van der Waals surface area (Å²) < 4.78 is 32.1. The van der Waals surface area contributed by atoms with Crippen molar-refractivity contribution in [2.24, 2.45) is 17.8 Å². The molecule has 0 amide bonds. The summed E-state index contributed by atoms with van der Waals surface area (Å²) in [6, 6.07) is 0. The van der Waals surface area contributed by atoms with Gasteiger partial charge in [0.2, 0.25) is 0 Å². The standard InChI is InChI=1S/C27H52O12/c1-7-18(4)25(31)37-13-21(28)10-34-16-24(36-12-23(30)15-39-27(33)20(6)9-3)17-35-11-22(29)14-38-26(32)19(5)8-2/h18-25,28-31H,7-17H2,1-6H3. The number of rotatable bonds is 24. The van der Waals surface area contributed by atoms with Crippen molar-refractivity contribution in [2.75, 3.05) is 52.9 Å². The van der Waals surface area contributed by atoms with Crippen LogP contribution in [0.1, 0.15) is 60.8 Å². The van der Waals surface area contributed by atoms with E-state index in [2.05, 4.69) is 0 Å². The Bertz CT molecular complexity index is 634. The van der Waals surface area contributed by atoms with Crippen LogP contribution in [0.3, 0.4) is 0 Å². The molecule has 39 heavy (non-hydrogen) atoms. The number of hydrogen-bond donors (Lipinski definition) is 4. The fraction of sp³-hybridized carbons (Fsp3) is 0.926. The van der Waals surface area contributed by atoms with E-state index in [1.54, 1.807) is 13.8 Å². The zero-order valence-corrected chi connectivity index (χ0v) is 24.5. The van der Waals surface area contributed by atoms with Gasteiger partial charge in [-0.1, -0.05) is 41.5 Å². The number of aliphatic hydroxyl groups is 4. The van der Waals surface area contributed by atoms with E-state index in [9.17, 15) is 30.0 Å². The third-order valence-corrected chi connectivity index (χ3v) is 6.21. The molecule has 0 bridgehead atoms. The van der Waals surface area contributed by atoms with Gasteiger partial charge in [0.25, 0.3) is 0 Å². The fourth-order valence-corrected chi connectivity index (χ4v) is 2.76. The van der Waals surface area contributed by atoms with Gasteiger partial charge in [-0.3, -0.25) is 9.59 Å². The minimum atomic E-state index is -1.08. The zero-order valence-electron chi connectivity index (χ0n) is 24.5. The third-order valence-electron chi connectivity index (χ3n) is 6.21. The maximum atomic E-state index is 11.8. The molecular formula is C27H52O12. The smallest absolute Gasteiger partial charge is 0.308 e. The molecule has 0 aromatic rings. The lowest BCUT2D eigenvalue weighted by Crippen LogP contribution is -2.35. The van der Waals surface area contributed by atoms with Crippen LogP contribution in [0, 0.1) is 17.8 Å². The molecule has 0 aromatic carbocycles. The molecule has 8 unspecified atom stereocenters. The van der Waals surface area contributed by atoms with Gasteiger partial charge in [0, 0.05) is 5.92 Å². The molecule has 12 nitrogen and oxygen atoms in total. The van der Waals surface area contributed by atoms with Gasteiger partial charge in [0.1, 0.15) is 37.6 Å². The zero-order chi connectivity index (χ0) is 29.8. The van der Waals surface area contributed by atoms with Crippen molar-refractivity contribution in [2.45, 2.75) is 91.5 Å². The summed E-state index contributed by atoms with van der Waals surface area (Å²) in [7, 11) is 0. The Hall–Kier alpha value is -1.38. The highest BCUT2D eigenvalue weighted by molar-refractivity contribution is 5.72. The number of hydrogen-bond acceptors (Lipinski definition) is 12. The minimum absolute atomic E-state index is 0.0244. The Balaban J connectivity index is 4.66. The average Bonchev–Trinajstić information content (AvgIpc) is 2.93. The molecule has 4 N–H and O–H groups in total. The highest BCUT2D eigenvalue weighted by Crippen LogP contribution is 2.09. The molecule has 0 aliphatic heterocycles. The van der Waals surface area contributed by atoms with Crippen LogP contribution < -0.4 is 0 Å². The summed E-state index contributed by atoms with van der Waals surface area (Å²) in [5.41, 5.74) is 0.